The SMILES string of the molecule is CC.CCCN1CCN(C(=O)CNC)CC1.[HH]. The van der Waals surface area contributed by atoms with Crippen molar-refractivity contribution in [2.75, 3.05) is 46.3 Å². The Kier molecular flexibility index (Phi) is 9.24. The van der Waals surface area contributed by atoms with Crippen LogP contribution in [0, 0.1) is 0 Å². The molecule has 0 aromatic heterocycles. The highest BCUT2D eigenvalue weighted by atomic mass is 16.2. The number of carbonyl (C=O) groups is 1. The molecule has 4 heteroatoms. The molecule has 16 heavy (non-hydrogen) atoms. The van der Waals surface area contributed by atoms with Gasteiger partial charge in [0, 0.05) is 27.6 Å². The van der Waals surface area contributed by atoms with Crippen LogP contribution < -0.4 is 5.32 Å². The third-order valence-electron chi connectivity index (χ3n) is 2.59. The van der Waals surface area contributed by atoms with Crippen LogP contribution >= 0.6 is 0 Å². The summed E-state index contributed by atoms with van der Waals surface area (Å²) >= 11 is 0. The van der Waals surface area contributed by atoms with Crippen molar-refractivity contribution >= 4 is 5.91 Å². The molecular weight excluding hydrogens is 202 g/mol. The highest BCUT2D eigenvalue weighted by Gasteiger charge is 2.19. The molecule has 4 nitrogen and oxygen atoms in total. The van der Waals surface area contributed by atoms with Gasteiger partial charge in [-0.15, -0.1) is 0 Å². The second kappa shape index (κ2) is 9.60. The molecule has 1 saturated heterocycles. The van der Waals surface area contributed by atoms with E-state index in [0.29, 0.717) is 6.54 Å². The van der Waals surface area contributed by atoms with Gasteiger partial charge in [-0.2, -0.15) is 0 Å². The zero-order chi connectivity index (χ0) is 12.4. The fraction of sp³-hybridized carbons (Fsp3) is 0.917. The molecule has 0 bridgehead atoms. The van der Waals surface area contributed by atoms with Crippen LogP contribution in [-0.2, 0) is 4.79 Å². The molecule has 0 spiro atoms. The van der Waals surface area contributed by atoms with E-state index in [9.17, 15) is 4.79 Å². The number of likely N-dealkylation sites (N-methyl/N-ethyl adjacent to an activating group) is 1. The van der Waals surface area contributed by atoms with Gasteiger partial charge in [0.15, 0.2) is 0 Å². The molecule has 1 rings (SSSR count). The van der Waals surface area contributed by atoms with E-state index in [2.05, 4.69) is 17.1 Å². The average molecular weight is 231 g/mol. The molecule has 1 heterocycles. The van der Waals surface area contributed by atoms with Gasteiger partial charge in [-0.25, -0.2) is 0 Å². The van der Waals surface area contributed by atoms with E-state index in [4.69, 9.17) is 0 Å². The minimum Gasteiger partial charge on any atom is -0.339 e. The summed E-state index contributed by atoms with van der Waals surface area (Å²) < 4.78 is 0. The maximum Gasteiger partial charge on any atom is 0.236 e. The van der Waals surface area contributed by atoms with Crippen molar-refractivity contribution in [2.45, 2.75) is 27.2 Å². The first kappa shape index (κ1) is 15.4. The normalized spacial score (nSPS) is 16.6. The summed E-state index contributed by atoms with van der Waals surface area (Å²) in [4.78, 5) is 15.9. The first-order valence-corrected chi connectivity index (χ1v) is 6.42. The summed E-state index contributed by atoms with van der Waals surface area (Å²) in [6.45, 7) is 11.7. The van der Waals surface area contributed by atoms with E-state index in [0.717, 1.165) is 32.7 Å². The van der Waals surface area contributed by atoms with E-state index in [1.165, 1.54) is 6.42 Å². The Morgan fingerprint density at radius 1 is 1.25 bits per heavy atom. The number of amides is 1. The van der Waals surface area contributed by atoms with Gasteiger partial charge in [0.1, 0.15) is 0 Å². The minimum absolute atomic E-state index is 0. The molecule has 98 valence electrons. The molecule has 1 aliphatic rings. The predicted molar refractivity (Wildman–Crippen MR) is 70.7 cm³/mol. The number of nitrogens with zero attached hydrogens (tertiary/aromatic N) is 2. The van der Waals surface area contributed by atoms with Crippen molar-refractivity contribution in [1.29, 1.82) is 0 Å². The van der Waals surface area contributed by atoms with Crippen molar-refractivity contribution in [3.8, 4) is 0 Å². The van der Waals surface area contributed by atoms with E-state index in [-0.39, 0.29) is 7.33 Å². The Morgan fingerprint density at radius 3 is 2.25 bits per heavy atom. The Labute approximate surface area is 101 Å². The van der Waals surface area contributed by atoms with Crippen LogP contribution in [0.25, 0.3) is 0 Å². The van der Waals surface area contributed by atoms with Crippen molar-refractivity contribution in [3.05, 3.63) is 0 Å². The Balaban J connectivity index is 0. The maximum absolute atomic E-state index is 11.5. The smallest absolute Gasteiger partial charge is 0.236 e. The lowest BCUT2D eigenvalue weighted by Gasteiger charge is -2.34. The topological polar surface area (TPSA) is 35.6 Å². The summed E-state index contributed by atoms with van der Waals surface area (Å²) in [5.41, 5.74) is 0. The number of hydrogen-bond donors (Lipinski definition) is 1. The number of carbonyl (C=O) groups excluding carboxylic acids is 1. The quantitative estimate of drug-likeness (QED) is 0.785. The van der Waals surface area contributed by atoms with E-state index in [1.54, 1.807) is 0 Å². The zero-order valence-corrected chi connectivity index (χ0v) is 11.3. The van der Waals surface area contributed by atoms with Gasteiger partial charge >= 0.3 is 0 Å². The van der Waals surface area contributed by atoms with E-state index < -0.39 is 0 Å². The second-order valence-corrected chi connectivity index (χ2v) is 3.75. The molecule has 0 aromatic carbocycles. The Hall–Kier alpha value is -0.610. The van der Waals surface area contributed by atoms with Crippen LogP contribution in [-0.4, -0.2) is 62.0 Å². The molecule has 1 N–H and O–H groups in total. The fourth-order valence-corrected chi connectivity index (χ4v) is 1.80. The highest BCUT2D eigenvalue weighted by Crippen LogP contribution is 2.02. The van der Waals surface area contributed by atoms with Crippen LogP contribution in [0.15, 0.2) is 0 Å². The van der Waals surface area contributed by atoms with Crippen LogP contribution in [0.2, 0.25) is 0 Å². The minimum atomic E-state index is 0. The first-order chi connectivity index (χ1) is 7.77. The third kappa shape index (κ3) is 5.47. The van der Waals surface area contributed by atoms with Crippen molar-refractivity contribution in [2.24, 2.45) is 0 Å². The van der Waals surface area contributed by atoms with Gasteiger partial charge in [-0.3, -0.25) is 9.69 Å². The van der Waals surface area contributed by atoms with E-state index in [1.807, 2.05) is 25.8 Å². The van der Waals surface area contributed by atoms with Crippen LogP contribution in [0.5, 0.6) is 0 Å². The lowest BCUT2D eigenvalue weighted by Crippen LogP contribution is -2.50. The highest BCUT2D eigenvalue weighted by molar-refractivity contribution is 5.78. The van der Waals surface area contributed by atoms with Gasteiger partial charge in [0.25, 0.3) is 0 Å². The van der Waals surface area contributed by atoms with Gasteiger partial charge in [0.05, 0.1) is 6.54 Å². The summed E-state index contributed by atoms with van der Waals surface area (Å²) in [5.74, 6) is 0.226. The van der Waals surface area contributed by atoms with Gasteiger partial charge in [-0.1, -0.05) is 20.8 Å². The van der Waals surface area contributed by atoms with Crippen molar-refractivity contribution in [3.63, 3.8) is 0 Å². The summed E-state index contributed by atoms with van der Waals surface area (Å²) in [6.07, 6.45) is 1.20. The molecule has 0 saturated carbocycles. The standard InChI is InChI=1S/C10H21N3O.C2H6.H2/c1-3-4-12-5-7-13(8-6-12)10(14)9-11-2;1-2;/h11H,3-9H2,1-2H3;1-2H3;1H. The molecule has 0 aromatic rings. The lowest BCUT2D eigenvalue weighted by atomic mass is 10.3. The van der Waals surface area contributed by atoms with Crippen LogP contribution in [0.3, 0.4) is 0 Å². The van der Waals surface area contributed by atoms with Gasteiger partial charge in [0.2, 0.25) is 5.91 Å². The molecule has 0 radical (unpaired) electrons. The first-order valence-electron chi connectivity index (χ1n) is 6.42. The Morgan fingerprint density at radius 2 is 1.81 bits per heavy atom. The molecule has 1 aliphatic heterocycles. The largest absolute Gasteiger partial charge is 0.339 e. The molecule has 0 aliphatic carbocycles. The second-order valence-electron chi connectivity index (χ2n) is 3.75. The van der Waals surface area contributed by atoms with Gasteiger partial charge < -0.3 is 10.2 Å². The molecule has 1 fully saturated rings. The summed E-state index contributed by atoms with van der Waals surface area (Å²) in [7, 11) is 1.81. The van der Waals surface area contributed by atoms with Crippen molar-refractivity contribution < 1.29 is 6.22 Å². The molecule has 0 unspecified atom stereocenters. The number of nitrogens with one attached hydrogen (secondary N) is 1. The van der Waals surface area contributed by atoms with Gasteiger partial charge in [-0.05, 0) is 20.0 Å². The summed E-state index contributed by atoms with van der Waals surface area (Å²) in [6, 6.07) is 0. The number of rotatable bonds is 4. The van der Waals surface area contributed by atoms with Crippen molar-refractivity contribution in [1.82, 2.24) is 15.1 Å². The monoisotopic (exact) mass is 231 g/mol. The third-order valence-corrected chi connectivity index (χ3v) is 2.59. The average Bonchev–Trinajstić information content (AvgIpc) is 2.33. The molecular formula is C12H29N3O. The number of hydrogen-bond acceptors (Lipinski definition) is 3. The lowest BCUT2D eigenvalue weighted by molar-refractivity contribution is -0.131. The van der Waals surface area contributed by atoms with Crippen LogP contribution in [0.4, 0.5) is 0 Å². The van der Waals surface area contributed by atoms with Crippen LogP contribution in [0.1, 0.15) is 28.6 Å². The predicted octanol–water partition coefficient (Wildman–Crippen LogP) is 1.03. The zero-order valence-electron chi connectivity index (χ0n) is 11.3. The maximum atomic E-state index is 11.5. The number of piperazine rings is 1. The van der Waals surface area contributed by atoms with E-state index >= 15 is 0 Å². The Bertz CT molecular complexity index is 183. The molecule has 1 amide bonds. The fourth-order valence-electron chi connectivity index (χ4n) is 1.80. The summed E-state index contributed by atoms with van der Waals surface area (Å²) in [5, 5.41) is 2.90. The molecule has 0 atom stereocenters.